The number of amides is 1. The summed E-state index contributed by atoms with van der Waals surface area (Å²) in [4.78, 5) is 17.4. The average Bonchev–Trinajstić information content (AvgIpc) is 3.21. The molecule has 0 bridgehead atoms. The summed E-state index contributed by atoms with van der Waals surface area (Å²) < 4.78 is 17.0. The standard InChI is InChI=1S/C23H24FN5O/c1-15-22(16(2)29(27-15)19-11-9-18(24)10-12-19)23(30)25-13-6-14-28-17(3)26-20-7-4-5-8-21(20)28/h4-5,7-12H,6,13-14H2,1-3H3,(H,25,30). The van der Waals surface area contributed by atoms with Crippen LogP contribution in [0.25, 0.3) is 16.7 Å². The molecule has 30 heavy (non-hydrogen) atoms. The number of benzene rings is 2. The van der Waals surface area contributed by atoms with Gasteiger partial charge < -0.3 is 9.88 Å². The van der Waals surface area contributed by atoms with Crippen LogP contribution in [0.2, 0.25) is 0 Å². The number of carbonyl (C=O) groups is 1. The Morgan fingerprint density at radius 2 is 1.80 bits per heavy atom. The predicted octanol–water partition coefficient (Wildman–Crippen LogP) is 4.11. The molecule has 0 unspecified atom stereocenters. The van der Waals surface area contributed by atoms with E-state index in [9.17, 15) is 9.18 Å². The summed E-state index contributed by atoms with van der Waals surface area (Å²) in [6.45, 7) is 6.97. The number of fused-ring (bicyclic) bond motifs is 1. The van der Waals surface area contributed by atoms with Crippen LogP contribution in [0.15, 0.2) is 48.5 Å². The predicted molar refractivity (Wildman–Crippen MR) is 114 cm³/mol. The van der Waals surface area contributed by atoms with Gasteiger partial charge in [-0.1, -0.05) is 12.1 Å². The minimum absolute atomic E-state index is 0.148. The van der Waals surface area contributed by atoms with E-state index in [4.69, 9.17) is 0 Å². The van der Waals surface area contributed by atoms with Crippen molar-refractivity contribution in [2.45, 2.75) is 33.7 Å². The maximum Gasteiger partial charge on any atom is 0.255 e. The monoisotopic (exact) mass is 405 g/mol. The Hall–Kier alpha value is -3.48. The molecule has 0 aliphatic heterocycles. The van der Waals surface area contributed by atoms with Gasteiger partial charge in [0.2, 0.25) is 0 Å². The number of nitrogens with zero attached hydrogens (tertiary/aromatic N) is 4. The number of aryl methyl sites for hydroxylation is 3. The molecule has 0 aliphatic rings. The molecule has 2 aromatic carbocycles. The highest BCUT2D eigenvalue weighted by atomic mass is 19.1. The highest BCUT2D eigenvalue weighted by Gasteiger charge is 2.19. The van der Waals surface area contributed by atoms with Crippen LogP contribution in [0.3, 0.4) is 0 Å². The molecule has 1 amide bonds. The second-order valence-corrected chi connectivity index (χ2v) is 7.34. The van der Waals surface area contributed by atoms with E-state index in [1.165, 1.54) is 12.1 Å². The average molecular weight is 405 g/mol. The molecule has 6 nitrogen and oxygen atoms in total. The van der Waals surface area contributed by atoms with Crippen LogP contribution in [0.5, 0.6) is 0 Å². The first-order valence-electron chi connectivity index (χ1n) is 9.98. The zero-order valence-corrected chi connectivity index (χ0v) is 17.3. The van der Waals surface area contributed by atoms with E-state index in [1.54, 1.807) is 16.8 Å². The number of hydrogen-bond acceptors (Lipinski definition) is 3. The van der Waals surface area contributed by atoms with Crippen LogP contribution in [-0.2, 0) is 6.54 Å². The normalized spacial score (nSPS) is 11.2. The van der Waals surface area contributed by atoms with Gasteiger partial charge in [-0.2, -0.15) is 5.10 Å². The molecule has 4 rings (SSSR count). The van der Waals surface area contributed by atoms with Gasteiger partial charge in [-0.3, -0.25) is 4.79 Å². The van der Waals surface area contributed by atoms with Crippen molar-refractivity contribution in [1.29, 1.82) is 0 Å². The van der Waals surface area contributed by atoms with E-state index in [1.807, 2.05) is 39.0 Å². The molecule has 2 aromatic heterocycles. The highest BCUT2D eigenvalue weighted by molar-refractivity contribution is 5.96. The number of halogens is 1. The lowest BCUT2D eigenvalue weighted by Gasteiger charge is -2.09. The van der Waals surface area contributed by atoms with E-state index in [2.05, 4.69) is 26.0 Å². The fourth-order valence-corrected chi connectivity index (χ4v) is 3.81. The largest absolute Gasteiger partial charge is 0.352 e. The van der Waals surface area contributed by atoms with E-state index in [-0.39, 0.29) is 11.7 Å². The Morgan fingerprint density at radius 3 is 2.57 bits per heavy atom. The molecule has 0 saturated heterocycles. The topological polar surface area (TPSA) is 64.7 Å². The van der Waals surface area contributed by atoms with Crippen LogP contribution < -0.4 is 5.32 Å². The Balaban J connectivity index is 1.42. The third kappa shape index (κ3) is 3.70. The van der Waals surface area contributed by atoms with E-state index in [0.717, 1.165) is 41.2 Å². The van der Waals surface area contributed by atoms with E-state index in [0.29, 0.717) is 17.8 Å². The SMILES string of the molecule is Cc1nn(-c2ccc(F)cc2)c(C)c1C(=O)NCCCn1c(C)nc2ccccc21. The van der Waals surface area contributed by atoms with Crippen molar-refractivity contribution >= 4 is 16.9 Å². The number of imidazole rings is 1. The third-order valence-corrected chi connectivity index (χ3v) is 5.28. The third-order valence-electron chi connectivity index (χ3n) is 5.28. The van der Waals surface area contributed by atoms with Crippen molar-refractivity contribution in [3.8, 4) is 5.69 Å². The van der Waals surface area contributed by atoms with Crippen molar-refractivity contribution in [2.75, 3.05) is 6.54 Å². The second-order valence-electron chi connectivity index (χ2n) is 7.34. The van der Waals surface area contributed by atoms with E-state index < -0.39 is 0 Å². The molecule has 1 N–H and O–H groups in total. The molecule has 154 valence electrons. The summed E-state index contributed by atoms with van der Waals surface area (Å²) in [7, 11) is 0. The van der Waals surface area contributed by atoms with E-state index >= 15 is 0 Å². The van der Waals surface area contributed by atoms with Gasteiger partial charge in [0.25, 0.3) is 5.91 Å². The van der Waals surface area contributed by atoms with Gasteiger partial charge in [0.15, 0.2) is 0 Å². The summed E-state index contributed by atoms with van der Waals surface area (Å²) in [5.41, 5.74) is 4.74. The van der Waals surface area contributed by atoms with Gasteiger partial charge in [0.05, 0.1) is 33.7 Å². The molecule has 0 spiro atoms. The Kier molecular flexibility index (Phi) is 5.35. The summed E-state index contributed by atoms with van der Waals surface area (Å²) in [6, 6.07) is 14.1. The number of rotatable bonds is 6. The van der Waals surface area contributed by atoms with Gasteiger partial charge in [-0.15, -0.1) is 0 Å². The summed E-state index contributed by atoms with van der Waals surface area (Å²) in [5.74, 6) is 0.513. The van der Waals surface area contributed by atoms with Crippen molar-refractivity contribution in [2.24, 2.45) is 0 Å². The first-order chi connectivity index (χ1) is 14.5. The molecule has 7 heteroatoms. The van der Waals surface area contributed by atoms with Crippen molar-refractivity contribution < 1.29 is 9.18 Å². The molecule has 0 radical (unpaired) electrons. The zero-order valence-electron chi connectivity index (χ0n) is 17.3. The van der Waals surface area contributed by atoms with Crippen molar-refractivity contribution in [3.05, 3.63) is 77.1 Å². The molecule has 0 aliphatic carbocycles. The van der Waals surface area contributed by atoms with Crippen LogP contribution >= 0.6 is 0 Å². The first-order valence-corrected chi connectivity index (χ1v) is 9.98. The molecule has 0 saturated carbocycles. The van der Waals surface area contributed by atoms with Crippen LogP contribution in [0, 0.1) is 26.6 Å². The molecule has 2 heterocycles. The lowest BCUT2D eigenvalue weighted by molar-refractivity contribution is 0.0951. The number of aromatic nitrogens is 4. The van der Waals surface area contributed by atoms with Crippen LogP contribution in [0.4, 0.5) is 4.39 Å². The zero-order chi connectivity index (χ0) is 21.3. The Bertz CT molecular complexity index is 1210. The first kappa shape index (κ1) is 19.8. The van der Waals surface area contributed by atoms with Crippen LogP contribution in [0.1, 0.15) is 34.0 Å². The summed E-state index contributed by atoms with van der Waals surface area (Å²) >= 11 is 0. The fourth-order valence-electron chi connectivity index (χ4n) is 3.81. The van der Waals surface area contributed by atoms with Gasteiger partial charge in [0, 0.05) is 13.1 Å². The number of nitrogens with one attached hydrogen (secondary N) is 1. The quantitative estimate of drug-likeness (QED) is 0.491. The molecular formula is C23H24FN5O. The number of hydrogen-bond donors (Lipinski definition) is 1. The molecule has 4 aromatic rings. The molecule has 0 fully saturated rings. The van der Waals surface area contributed by atoms with Gasteiger partial charge in [-0.05, 0) is 63.6 Å². The van der Waals surface area contributed by atoms with Crippen LogP contribution in [-0.4, -0.2) is 31.8 Å². The Morgan fingerprint density at radius 1 is 1.07 bits per heavy atom. The lowest BCUT2D eigenvalue weighted by atomic mass is 10.2. The minimum atomic E-state index is -0.306. The minimum Gasteiger partial charge on any atom is -0.352 e. The summed E-state index contributed by atoms with van der Waals surface area (Å²) in [6.07, 6.45) is 0.789. The number of para-hydroxylation sites is 2. The lowest BCUT2D eigenvalue weighted by Crippen LogP contribution is -2.26. The fraction of sp³-hybridized carbons (Fsp3) is 0.261. The van der Waals surface area contributed by atoms with Gasteiger partial charge in [0.1, 0.15) is 11.6 Å². The van der Waals surface area contributed by atoms with Gasteiger partial charge >= 0.3 is 0 Å². The smallest absolute Gasteiger partial charge is 0.255 e. The highest BCUT2D eigenvalue weighted by Crippen LogP contribution is 2.19. The van der Waals surface area contributed by atoms with Crippen molar-refractivity contribution in [3.63, 3.8) is 0 Å². The maximum absolute atomic E-state index is 13.2. The summed E-state index contributed by atoms with van der Waals surface area (Å²) in [5, 5.41) is 7.47. The maximum atomic E-state index is 13.2. The Labute approximate surface area is 174 Å². The molecule has 0 atom stereocenters. The molecular weight excluding hydrogens is 381 g/mol. The van der Waals surface area contributed by atoms with Crippen molar-refractivity contribution in [1.82, 2.24) is 24.6 Å². The second kappa shape index (κ2) is 8.10. The van der Waals surface area contributed by atoms with Gasteiger partial charge in [-0.25, -0.2) is 14.1 Å². The number of carbonyl (C=O) groups excluding carboxylic acids is 1.